The van der Waals surface area contributed by atoms with Gasteiger partial charge in [-0.05, 0) is 48.4 Å². The molecule has 0 aliphatic heterocycles. The third-order valence-corrected chi connectivity index (χ3v) is 3.13. The Kier molecular flexibility index (Phi) is 6.10. The number of nitrogens with zero attached hydrogens (tertiary/aromatic N) is 1. The van der Waals surface area contributed by atoms with Crippen molar-refractivity contribution in [2.75, 3.05) is 12.0 Å². The van der Waals surface area contributed by atoms with Gasteiger partial charge in [-0.2, -0.15) is 5.10 Å². The lowest BCUT2D eigenvalue weighted by atomic mass is 10.2. The summed E-state index contributed by atoms with van der Waals surface area (Å²) >= 11 is 5.83. The second-order valence-corrected chi connectivity index (χ2v) is 5.09. The molecule has 4 heteroatoms. The summed E-state index contributed by atoms with van der Waals surface area (Å²) < 4.78 is 5.67. The number of unbranched alkanes of at least 4 members (excludes halogenated alkanes) is 1. The van der Waals surface area contributed by atoms with Gasteiger partial charge in [0.05, 0.1) is 18.5 Å². The first-order chi connectivity index (χ1) is 10.3. The summed E-state index contributed by atoms with van der Waals surface area (Å²) in [5.74, 6) is 0.874. The van der Waals surface area contributed by atoms with Crippen molar-refractivity contribution in [2.45, 2.75) is 19.8 Å². The normalized spacial score (nSPS) is 10.8. The molecule has 0 saturated carbocycles. The number of anilines is 1. The van der Waals surface area contributed by atoms with Crippen LogP contribution in [0.2, 0.25) is 5.02 Å². The van der Waals surface area contributed by atoms with E-state index in [1.807, 2.05) is 48.5 Å². The molecule has 2 aromatic rings. The molecule has 2 rings (SSSR count). The molecular formula is C17H19ClN2O. The van der Waals surface area contributed by atoms with Gasteiger partial charge in [0.2, 0.25) is 0 Å². The van der Waals surface area contributed by atoms with E-state index in [0.29, 0.717) is 5.02 Å². The van der Waals surface area contributed by atoms with Crippen LogP contribution < -0.4 is 10.2 Å². The maximum atomic E-state index is 5.83. The van der Waals surface area contributed by atoms with Crippen LogP contribution in [0, 0.1) is 0 Å². The molecule has 1 N–H and O–H groups in total. The van der Waals surface area contributed by atoms with Crippen LogP contribution in [0.15, 0.2) is 53.6 Å². The Morgan fingerprint density at radius 3 is 2.76 bits per heavy atom. The van der Waals surface area contributed by atoms with Crippen molar-refractivity contribution in [1.82, 2.24) is 0 Å². The molecule has 3 nitrogen and oxygen atoms in total. The van der Waals surface area contributed by atoms with E-state index in [2.05, 4.69) is 17.5 Å². The van der Waals surface area contributed by atoms with E-state index in [1.165, 1.54) is 0 Å². The number of hydrogen-bond donors (Lipinski definition) is 1. The van der Waals surface area contributed by atoms with Crippen LogP contribution >= 0.6 is 11.6 Å². The van der Waals surface area contributed by atoms with Crippen LogP contribution in [0.1, 0.15) is 25.3 Å². The topological polar surface area (TPSA) is 33.6 Å². The highest BCUT2D eigenvalue weighted by Crippen LogP contribution is 2.14. The molecule has 0 aliphatic rings. The highest BCUT2D eigenvalue weighted by atomic mass is 35.5. The minimum atomic E-state index is 0.710. The van der Waals surface area contributed by atoms with Crippen molar-refractivity contribution in [1.29, 1.82) is 0 Å². The number of hydrogen-bond acceptors (Lipinski definition) is 3. The van der Waals surface area contributed by atoms with E-state index in [9.17, 15) is 0 Å². The maximum absolute atomic E-state index is 5.83. The quantitative estimate of drug-likeness (QED) is 0.445. The van der Waals surface area contributed by atoms with E-state index >= 15 is 0 Å². The first kappa shape index (κ1) is 15.4. The lowest BCUT2D eigenvalue weighted by Crippen LogP contribution is -1.97. The molecular weight excluding hydrogens is 284 g/mol. The third-order valence-electron chi connectivity index (χ3n) is 2.88. The average Bonchev–Trinajstić information content (AvgIpc) is 2.50. The summed E-state index contributed by atoms with van der Waals surface area (Å²) in [6, 6.07) is 15.3. The van der Waals surface area contributed by atoms with Gasteiger partial charge in [-0.3, -0.25) is 5.43 Å². The van der Waals surface area contributed by atoms with E-state index in [-0.39, 0.29) is 0 Å². The Balaban J connectivity index is 1.91. The number of rotatable bonds is 7. The first-order valence-electron chi connectivity index (χ1n) is 7.05. The maximum Gasteiger partial charge on any atom is 0.119 e. The number of benzene rings is 2. The van der Waals surface area contributed by atoms with E-state index < -0.39 is 0 Å². The van der Waals surface area contributed by atoms with Gasteiger partial charge in [0, 0.05) is 5.02 Å². The Hall–Kier alpha value is -2.00. The van der Waals surface area contributed by atoms with Gasteiger partial charge in [-0.15, -0.1) is 0 Å². The Labute approximate surface area is 130 Å². The van der Waals surface area contributed by atoms with Crippen LogP contribution in [0.3, 0.4) is 0 Å². The molecule has 0 unspecified atom stereocenters. The highest BCUT2D eigenvalue weighted by Gasteiger charge is 1.95. The van der Waals surface area contributed by atoms with Crippen LogP contribution in [-0.4, -0.2) is 12.8 Å². The van der Waals surface area contributed by atoms with Gasteiger partial charge < -0.3 is 4.74 Å². The van der Waals surface area contributed by atoms with Crippen molar-refractivity contribution in [3.63, 3.8) is 0 Å². The van der Waals surface area contributed by atoms with Crippen LogP contribution in [-0.2, 0) is 0 Å². The predicted molar refractivity (Wildman–Crippen MR) is 89.5 cm³/mol. The average molecular weight is 303 g/mol. The molecule has 0 atom stereocenters. The lowest BCUT2D eigenvalue weighted by molar-refractivity contribution is 0.309. The van der Waals surface area contributed by atoms with E-state index in [4.69, 9.17) is 16.3 Å². The highest BCUT2D eigenvalue weighted by molar-refractivity contribution is 6.30. The second kappa shape index (κ2) is 8.32. The molecule has 0 radical (unpaired) electrons. The van der Waals surface area contributed by atoms with Crippen molar-refractivity contribution >= 4 is 23.5 Å². The van der Waals surface area contributed by atoms with Crippen LogP contribution in [0.25, 0.3) is 0 Å². The predicted octanol–water partition coefficient (Wildman–Crippen LogP) is 4.96. The van der Waals surface area contributed by atoms with E-state index in [0.717, 1.165) is 36.4 Å². The minimum Gasteiger partial charge on any atom is -0.494 e. The molecule has 0 heterocycles. The zero-order chi connectivity index (χ0) is 14.9. The minimum absolute atomic E-state index is 0.710. The second-order valence-electron chi connectivity index (χ2n) is 4.65. The standard InChI is InChI=1S/C17H19ClN2O/c1-2-3-11-21-17-6-4-5-14(12-17)13-19-20-16-9-7-15(18)8-10-16/h4-10,12-13,20H,2-3,11H2,1H3/b19-13+. The largest absolute Gasteiger partial charge is 0.494 e. The number of nitrogens with one attached hydrogen (secondary N) is 1. The molecule has 0 bridgehead atoms. The lowest BCUT2D eigenvalue weighted by Gasteiger charge is -2.05. The molecule has 0 saturated heterocycles. The smallest absolute Gasteiger partial charge is 0.119 e. The van der Waals surface area contributed by atoms with Gasteiger partial charge in [-0.1, -0.05) is 37.1 Å². The molecule has 0 aromatic heterocycles. The Morgan fingerprint density at radius 1 is 1.19 bits per heavy atom. The van der Waals surface area contributed by atoms with Gasteiger partial charge in [0.25, 0.3) is 0 Å². The number of halogens is 1. The van der Waals surface area contributed by atoms with Crippen molar-refractivity contribution in [3.05, 3.63) is 59.1 Å². The zero-order valence-electron chi connectivity index (χ0n) is 12.1. The van der Waals surface area contributed by atoms with Crippen LogP contribution in [0.4, 0.5) is 5.69 Å². The molecule has 0 amide bonds. The van der Waals surface area contributed by atoms with Crippen LogP contribution in [0.5, 0.6) is 5.75 Å². The summed E-state index contributed by atoms with van der Waals surface area (Å²) in [7, 11) is 0. The summed E-state index contributed by atoms with van der Waals surface area (Å²) in [5, 5.41) is 4.92. The zero-order valence-corrected chi connectivity index (χ0v) is 12.8. The van der Waals surface area contributed by atoms with Crippen molar-refractivity contribution < 1.29 is 4.74 Å². The van der Waals surface area contributed by atoms with E-state index in [1.54, 1.807) is 6.21 Å². The summed E-state index contributed by atoms with van der Waals surface area (Å²) in [6.07, 6.45) is 3.96. The summed E-state index contributed by atoms with van der Waals surface area (Å²) in [6.45, 7) is 2.90. The van der Waals surface area contributed by atoms with Crippen molar-refractivity contribution in [2.24, 2.45) is 5.10 Å². The fourth-order valence-electron chi connectivity index (χ4n) is 1.72. The van der Waals surface area contributed by atoms with Gasteiger partial charge >= 0.3 is 0 Å². The Bertz CT molecular complexity index is 582. The molecule has 2 aromatic carbocycles. The Morgan fingerprint density at radius 2 is 2.00 bits per heavy atom. The molecule has 0 fully saturated rings. The SMILES string of the molecule is CCCCOc1cccc(/C=N/Nc2ccc(Cl)cc2)c1. The third kappa shape index (κ3) is 5.48. The molecule has 0 aliphatic carbocycles. The van der Waals surface area contributed by atoms with Crippen molar-refractivity contribution in [3.8, 4) is 5.75 Å². The monoisotopic (exact) mass is 302 g/mol. The van der Waals surface area contributed by atoms with Gasteiger partial charge in [-0.25, -0.2) is 0 Å². The summed E-state index contributed by atoms with van der Waals surface area (Å²) in [5.41, 5.74) is 4.85. The number of hydrazone groups is 1. The summed E-state index contributed by atoms with van der Waals surface area (Å²) in [4.78, 5) is 0. The van der Waals surface area contributed by atoms with Gasteiger partial charge in [0.1, 0.15) is 5.75 Å². The van der Waals surface area contributed by atoms with Gasteiger partial charge in [0.15, 0.2) is 0 Å². The molecule has 21 heavy (non-hydrogen) atoms. The first-order valence-corrected chi connectivity index (χ1v) is 7.43. The molecule has 0 spiro atoms. The fourth-order valence-corrected chi connectivity index (χ4v) is 1.85. The molecule has 110 valence electrons. The number of ether oxygens (including phenoxy) is 1. The fraction of sp³-hybridized carbons (Fsp3) is 0.235.